The number of aryl methyl sites for hydroxylation is 1. The van der Waals surface area contributed by atoms with Gasteiger partial charge >= 0.3 is 0 Å². The Hall–Kier alpha value is -1.39. The minimum absolute atomic E-state index is 0.0101. The molecule has 0 aliphatic carbocycles. The van der Waals surface area contributed by atoms with Crippen LogP contribution in [0, 0.1) is 6.92 Å². The highest BCUT2D eigenvalue weighted by Crippen LogP contribution is 2.23. The fourth-order valence-corrected chi connectivity index (χ4v) is 2.00. The summed E-state index contributed by atoms with van der Waals surface area (Å²) in [5.41, 5.74) is 2.96. The van der Waals surface area contributed by atoms with Crippen molar-refractivity contribution in [2.45, 2.75) is 20.1 Å². The first-order valence-electron chi connectivity index (χ1n) is 5.61. The summed E-state index contributed by atoms with van der Waals surface area (Å²) in [6.45, 7) is 2.46. The number of pyridine rings is 1. The van der Waals surface area contributed by atoms with Crippen molar-refractivity contribution < 1.29 is 9.84 Å². The molecular weight excluding hydrogens is 294 g/mol. The lowest BCUT2D eigenvalue weighted by atomic mass is 10.2. The maximum absolute atomic E-state index is 9.17. The fourth-order valence-electron chi connectivity index (χ4n) is 1.63. The molecule has 0 radical (unpaired) electrons. The Bertz CT molecular complexity index is 543. The number of halogens is 1. The molecule has 3 nitrogen and oxygen atoms in total. The maximum Gasteiger partial charge on any atom is 0.120 e. The van der Waals surface area contributed by atoms with Gasteiger partial charge in [-0.15, -0.1) is 0 Å². The molecule has 1 aromatic heterocycles. The fraction of sp³-hybridized carbons (Fsp3) is 0.214. The molecule has 2 rings (SSSR count). The summed E-state index contributed by atoms with van der Waals surface area (Å²) >= 11 is 3.37. The summed E-state index contributed by atoms with van der Waals surface area (Å²) in [6.07, 6.45) is 3.60. The second-order valence-corrected chi connectivity index (χ2v) is 4.92. The molecule has 1 N–H and O–H groups in total. The topological polar surface area (TPSA) is 42.4 Å². The van der Waals surface area contributed by atoms with Crippen molar-refractivity contribution in [3.05, 3.63) is 57.8 Å². The lowest BCUT2D eigenvalue weighted by molar-refractivity contribution is 0.277. The Morgan fingerprint density at radius 1 is 1.28 bits per heavy atom. The van der Waals surface area contributed by atoms with Gasteiger partial charge < -0.3 is 9.84 Å². The highest BCUT2D eigenvalue weighted by molar-refractivity contribution is 9.10. The van der Waals surface area contributed by atoms with Gasteiger partial charge in [0.05, 0.1) is 6.61 Å². The van der Waals surface area contributed by atoms with Crippen molar-refractivity contribution in [1.82, 2.24) is 4.98 Å². The molecule has 18 heavy (non-hydrogen) atoms. The highest BCUT2D eigenvalue weighted by atomic mass is 79.9. The molecule has 0 aliphatic rings. The number of ether oxygens (including phenoxy) is 1. The van der Waals surface area contributed by atoms with Gasteiger partial charge in [0, 0.05) is 22.4 Å². The molecule has 0 saturated heterocycles. The van der Waals surface area contributed by atoms with Gasteiger partial charge in [0.25, 0.3) is 0 Å². The molecule has 1 heterocycles. The van der Waals surface area contributed by atoms with Crippen molar-refractivity contribution in [3.63, 3.8) is 0 Å². The number of aliphatic hydroxyl groups excluding tert-OH is 1. The summed E-state index contributed by atoms with van der Waals surface area (Å²) in [5, 5.41) is 9.17. The third kappa shape index (κ3) is 3.31. The van der Waals surface area contributed by atoms with E-state index in [0.29, 0.717) is 6.61 Å². The van der Waals surface area contributed by atoms with Gasteiger partial charge in [-0.3, -0.25) is 4.98 Å². The van der Waals surface area contributed by atoms with Crippen LogP contribution in [0.25, 0.3) is 0 Å². The second kappa shape index (κ2) is 5.98. The van der Waals surface area contributed by atoms with Crippen LogP contribution in [0.3, 0.4) is 0 Å². The van der Waals surface area contributed by atoms with Crippen LogP contribution in [0.5, 0.6) is 5.75 Å². The van der Waals surface area contributed by atoms with Gasteiger partial charge in [0.15, 0.2) is 0 Å². The first-order chi connectivity index (χ1) is 8.69. The van der Waals surface area contributed by atoms with Crippen LogP contribution in [-0.4, -0.2) is 10.1 Å². The number of aromatic nitrogens is 1. The van der Waals surface area contributed by atoms with E-state index in [0.717, 1.165) is 26.9 Å². The molecule has 0 atom stereocenters. The van der Waals surface area contributed by atoms with Crippen LogP contribution >= 0.6 is 15.9 Å². The van der Waals surface area contributed by atoms with E-state index in [1.807, 2.05) is 37.4 Å². The Labute approximate surface area is 115 Å². The monoisotopic (exact) mass is 307 g/mol. The molecule has 0 aliphatic heterocycles. The standard InChI is InChI=1S/C14H14BrNO2/c1-10-4-11(7-16-6-10)9-18-13-2-3-14(15)12(5-13)8-17/h2-7,17H,8-9H2,1H3. The molecule has 4 heteroatoms. The predicted octanol–water partition coefficient (Wildman–Crippen LogP) is 3.22. The van der Waals surface area contributed by atoms with Crippen LogP contribution in [0.15, 0.2) is 41.1 Å². The number of rotatable bonds is 4. The SMILES string of the molecule is Cc1cncc(COc2ccc(Br)c(CO)c2)c1. The van der Waals surface area contributed by atoms with Crippen LogP contribution < -0.4 is 4.74 Å². The average molecular weight is 308 g/mol. The quantitative estimate of drug-likeness (QED) is 0.943. The molecule has 0 spiro atoms. The van der Waals surface area contributed by atoms with Crippen molar-refractivity contribution in [2.75, 3.05) is 0 Å². The Balaban J connectivity index is 2.06. The summed E-state index contributed by atoms with van der Waals surface area (Å²) in [4.78, 5) is 4.12. The largest absolute Gasteiger partial charge is 0.489 e. The summed E-state index contributed by atoms with van der Waals surface area (Å²) in [6, 6.07) is 7.61. The van der Waals surface area contributed by atoms with Crippen molar-refractivity contribution in [2.24, 2.45) is 0 Å². The van der Waals surface area contributed by atoms with Gasteiger partial charge in [-0.2, -0.15) is 0 Å². The number of benzene rings is 1. The lowest BCUT2D eigenvalue weighted by Gasteiger charge is -2.08. The molecule has 0 fully saturated rings. The van der Waals surface area contributed by atoms with E-state index in [9.17, 15) is 0 Å². The number of nitrogens with zero attached hydrogens (tertiary/aromatic N) is 1. The van der Waals surface area contributed by atoms with E-state index < -0.39 is 0 Å². The maximum atomic E-state index is 9.17. The minimum atomic E-state index is -0.0101. The molecular formula is C14H14BrNO2. The van der Waals surface area contributed by atoms with Gasteiger partial charge in [-0.1, -0.05) is 15.9 Å². The molecule has 0 unspecified atom stereocenters. The molecule has 2 aromatic rings. The van der Waals surface area contributed by atoms with Crippen molar-refractivity contribution >= 4 is 15.9 Å². The molecule has 0 saturated carbocycles. The lowest BCUT2D eigenvalue weighted by Crippen LogP contribution is -1.97. The summed E-state index contributed by atoms with van der Waals surface area (Å²) < 4.78 is 6.56. The normalized spacial score (nSPS) is 10.4. The zero-order chi connectivity index (χ0) is 13.0. The van der Waals surface area contributed by atoms with E-state index in [-0.39, 0.29) is 6.61 Å². The third-order valence-electron chi connectivity index (χ3n) is 2.52. The zero-order valence-electron chi connectivity index (χ0n) is 10.1. The van der Waals surface area contributed by atoms with Crippen LogP contribution in [0.1, 0.15) is 16.7 Å². The molecule has 94 valence electrons. The van der Waals surface area contributed by atoms with E-state index in [1.54, 1.807) is 6.20 Å². The molecule has 1 aromatic carbocycles. The van der Waals surface area contributed by atoms with Gasteiger partial charge in [0.1, 0.15) is 12.4 Å². The van der Waals surface area contributed by atoms with Crippen LogP contribution in [0.2, 0.25) is 0 Å². The Kier molecular flexibility index (Phi) is 4.33. The highest BCUT2D eigenvalue weighted by Gasteiger charge is 2.02. The van der Waals surface area contributed by atoms with Crippen LogP contribution in [0.4, 0.5) is 0 Å². The Morgan fingerprint density at radius 2 is 2.11 bits per heavy atom. The van der Waals surface area contributed by atoms with Gasteiger partial charge in [0.2, 0.25) is 0 Å². The Morgan fingerprint density at radius 3 is 2.83 bits per heavy atom. The van der Waals surface area contributed by atoms with Crippen molar-refractivity contribution in [3.8, 4) is 5.75 Å². The first-order valence-corrected chi connectivity index (χ1v) is 6.41. The van der Waals surface area contributed by atoms with Crippen LogP contribution in [-0.2, 0) is 13.2 Å². The molecule has 0 amide bonds. The number of aliphatic hydroxyl groups is 1. The zero-order valence-corrected chi connectivity index (χ0v) is 11.6. The van der Waals surface area contributed by atoms with E-state index >= 15 is 0 Å². The van der Waals surface area contributed by atoms with Gasteiger partial charge in [-0.05, 0) is 42.3 Å². The third-order valence-corrected chi connectivity index (χ3v) is 3.30. The first kappa shape index (κ1) is 13.1. The van der Waals surface area contributed by atoms with Crippen molar-refractivity contribution in [1.29, 1.82) is 0 Å². The van der Waals surface area contributed by atoms with E-state index in [1.165, 1.54) is 0 Å². The van der Waals surface area contributed by atoms with Gasteiger partial charge in [-0.25, -0.2) is 0 Å². The average Bonchev–Trinajstić information content (AvgIpc) is 2.38. The minimum Gasteiger partial charge on any atom is -0.489 e. The molecule has 0 bridgehead atoms. The summed E-state index contributed by atoms with van der Waals surface area (Å²) in [7, 11) is 0. The number of hydrogen-bond donors (Lipinski definition) is 1. The number of hydrogen-bond acceptors (Lipinski definition) is 3. The second-order valence-electron chi connectivity index (χ2n) is 4.07. The summed E-state index contributed by atoms with van der Waals surface area (Å²) in [5.74, 6) is 0.740. The predicted molar refractivity (Wildman–Crippen MR) is 73.4 cm³/mol. The smallest absolute Gasteiger partial charge is 0.120 e. The van der Waals surface area contributed by atoms with E-state index in [4.69, 9.17) is 9.84 Å². The van der Waals surface area contributed by atoms with E-state index in [2.05, 4.69) is 20.9 Å².